The van der Waals surface area contributed by atoms with Crippen LogP contribution in [0, 0.1) is 0 Å². The van der Waals surface area contributed by atoms with E-state index in [0.717, 1.165) is 5.56 Å². The van der Waals surface area contributed by atoms with Gasteiger partial charge in [0.05, 0.1) is 40.1 Å². The van der Waals surface area contributed by atoms with Gasteiger partial charge in [-0.3, -0.25) is 9.36 Å². The smallest absolute Gasteiger partial charge is 0.339 e. The molecule has 10 heteroatoms. The summed E-state index contributed by atoms with van der Waals surface area (Å²) in [6, 6.07) is 16.9. The Labute approximate surface area is 244 Å². The van der Waals surface area contributed by atoms with E-state index in [-0.39, 0.29) is 18.3 Å². The number of aromatic nitrogens is 1. The molecule has 0 bridgehead atoms. The van der Waals surface area contributed by atoms with Crippen molar-refractivity contribution in [3.63, 3.8) is 0 Å². The van der Waals surface area contributed by atoms with Gasteiger partial charge in [-0.2, -0.15) is 0 Å². The van der Waals surface area contributed by atoms with Crippen LogP contribution in [0.3, 0.4) is 0 Å². The molecule has 0 radical (unpaired) electrons. The molecule has 5 rings (SSSR count). The summed E-state index contributed by atoms with van der Waals surface area (Å²) in [5.41, 5.74) is 2.04. The molecule has 0 N–H and O–H groups in total. The van der Waals surface area contributed by atoms with Gasteiger partial charge in [-0.1, -0.05) is 53.3 Å². The predicted molar refractivity (Wildman–Crippen MR) is 157 cm³/mol. The molecule has 0 spiro atoms. The Hall–Kier alpha value is -4.21. The number of esters is 2. The molecular formula is C31H27ClN2O6S. The lowest BCUT2D eigenvalue weighted by atomic mass is 9.96. The quantitative estimate of drug-likeness (QED) is 0.272. The number of fused-ring (bicyclic) bond motifs is 1. The molecule has 0 fully saturated rings. The number of allylic oxidation sites excluding steroid dienone is 1. The predicted octanol–water partition coefficient (Wildman–Crippen LogP) is 5.28. The second kappa shape index (κ2) is 11.7. The van der Waals surface area contributed by atoms with Gasteiger partial charge in [-0.25, -0.2) is 14.6 Å². The van der Waals surface area contributed by atoms with E-state index in [1.165, 1.54) is 15.9 Å². The van der Waals surface area contributed by atoms with Gasteiger partial charge in [0, 0.05) is 16.7 Å². The molecule has 3 heterocycles. The number of benzene rings is 2. The molecule has 2 aromatic carbocycles. The number of furan rings is 1. The van der Waals surface area contributed by atoms with Crippen molar-refractivity contribution in [3.05, 3.63) is 114 Å². The highest BCUT2D eigenvalue weighted by atomic mass is 35.5. The maximum Gasteiger partial charge on any atom is 0.339 e. The van der Waals surface area contributed by atoms with E-state index in [9.17, 15) is 14.4 Å². The lowest BCUT2D eigenvalue weighted by Crippen LogP contribution is -2.39. The van der Waals surface area contributed by atoms with Crippen LogP contribution in [0.4, 0.5) is 0 Å². The van der Waals surface area contributed by atoms with Gasteiger partial charge >= 0.3 is 11.9 Å². The summed E-state index contributed by atoms with van der Waals surface area (Å²) in [7, 11) is 0. The minimum atomic E-state index is -0.693. The van der Waals surface area contributed by atoms with Crippen molar-refractivity contribution in [1.82, 2.24) is 4.57 Å². The van der Waals surface area contributed by atoms with E-state index < -0.39 is 18.0 Å². The minimum Gasteiger partial charge on any atom is -0.463 e. The fourth-order valence-corrected chi connectivity index (χ4v) is 5.82. The Kier molecular flexibility index (Phi) is 8.10. The molecule has 1 atom stereocenters. The number of rotatable bonds is 7. The number of ether oxygens (including phenoxy) is 2. The van der Waals surface area contributed by atoms with Crippen LogP contribution in [0.15, 0.2) is 86.1 Å². The molecule has 1 aliphatic heterocycles. The molecule has 1 aliphatic rings. The molecule has 0 saturated heterocycles. The molecular weight excluding hydrogens is 564 g/mol. The Morgan fingerprint density at radius 1 is 1.12 bits per heavy atom. The number of halogens is 1. The highest BCUT2D eigenvalue weighted by molar-refractivity contribution is 7.07. The average Bonchev–Trinajstić information content (AvgIpc) is 3.52. The molecule has 210 valence electrons. The standard InChI is InChI=1S/C31H27ClN2O6S/c1-5-38-30(37)26-18(4)33-31-34(27(26)19-9-7-6-8-10-19)28(35)25(41-31)16-21-12-14-24(40-21)23-15-20(32)11-13-22(23)29(36)39-17(2)3/h6-17,27H,5H2,1-4H3/b25-16+/t27-/m0/s1. The van der Waals surface area contributed by atoms with Crippen LogP contribution in [0.1, 0.15) is 55.4 Å². The lowest BCUT2D eigenvalue weighted by molar-refractivity contribution is -0.139. The van der Waals surface area contributed by atoms with Gasteiger partial charge < -0.3 is 13.9 Å². The van der Waals surface area contributed by atoms with E-state index in [4.69, 9.17) is 25.5 Å². The van der Waals surface area contributed by atoms with Crippen LogP contribution in [-0.4, -0.2) is 29.2 Å². The topological polar surface area (TPSA) is 100 Å². The maximum absolute atomic E-state index is 13.8. The fraction of sp³-hybridized carbons (Fsp3) is 0.226. The van der Waals surface area contributed by atoms with Crippen LogP contribution >= 0.6 is 22.9 Å². The number of carbonyl (C=O) groups is 2. The summed E-state index contributed by atoms with van der Waals surface area (Å²) >= 11 is 7.43. The van der Waals surface area contributed by atoms with Crippen molar-refractivity contribution in [1.29, 1.82) is 0 Å². The Balaban J connectivity index is 1.60. The first-order valence-electron chi connectivity index (χ1n) is 13.0. The van der Waals surface area contributed by atoms with E-state index in [1.54, 1.807) is 64.1 Å². The monoisotopic (exact) mass is 590 g/mol. The fourth-order valence-electron chi connectivity index (χ4n) is 4.62. The zero-order chi connectivity index (χ0) is 29.3. The summed E-state index contributed by atoms with van der Waals surface area (Å²) < 4.78 is 18.7. The summed E-state index contributed by atoms with van der Waals surface area (Å²) in [6.45, 7) is 7.22. The Bertz CT molecular complexity index is 1850. The van der Waals surface area contributed by atoms with Crippen molar-refractivity contribution in [2.45, 2.75) is 39.8 Å². The average molecular weight is 591 g/mol. The van der Waals surface area contributed by atoms with Gasteiger partial charge in [-0.05, 0) is 63.6 Å². The van der Waals surface area contributed by atoms with Crippen LogP contribution in [0.25, 0.3) is 17.4 Å². The van der Waals surface area contributed by atoms with Crippen molar-refractivity contribution in [2.24, 2.45) is 4.99 Å². The van der Waals surface area contributed by atoms with Crippen molar-refractivity contribution >= 4 is 41.0 Å². The summed E-state index contributed by atoms with van der Waals surface area (Å²) in [4.78, 5) is 44.5. The van der Waals surface area contributed by atoms with Crippen LogP contribution < -0.4 is 14.9 Å². The molecule has 0 amide bonds. The summed E-state index contributed by atoms with van der Waals surface area (Å²) in [5, 5.41) is 0.432. The van der Waals surface area contributed by atoms with Gasteiger partial charge in [0.2, 0.25) is 0 Å². The number of thiazole rings is 1. The largest absolute Gasteiger partial charge is 0.463 e. The van der Waals surface area contributed by atoms with E-state index in [0.29, 0.717) is 48.3 Å². The maximum atomic E-state index is 13.8. The molecule has 0 saturated carbocycles. The molecule has 41 heavy (non-hydrogen) atoms. The lowest BCUT2D eigenvalue weighted by Gasteiger charge is -2.24. The SMILES string of the molecule is CCOC(=O)C1=C(C)N=c2s/c(=C/c3ccc(-c4cc(Cl)ccc4C(=O)OC(C)C)o3)c(=O)n2[C@H]1c1ccccc1. The first-order valence-corrected chi connectivity index (χ1v) is 14.2. The Morgan fingerprint density at radius 3 is 2.59 bits per heavy atom. The van der Waals surface area contributed by atoms with Crippen molar-refractivity contribution in [3.8, 4) is 11.3 Å². The van der Waals surface area contributed by atoms with E-state index in [2.05, 4.69) is 4.99 Å². The zero-order valence-electron chi connectivity index (χ0n) is 22.8. The minimum absolute atomic E-state index is 0.200. The molecule has 8 nitrogen and oxygen atoms in total. The first kappa shape index (κ1) is 28.3. The Morgan fingerprint density at radius 2 is 1.88 bits per heavy atom. The number of hydrogen-bond acceptors (Lipinski definition) is 8. The number of carbonyl (C=O) groups excluding carboxylic acids is 2. The summed E-state index contributed by atoms with van der Waals surface area (Å²) in [5.74, 6) is -0.219. The van der Waals surface area contributed by atoms with Crippen LogP contribution in [0.5, 0.6) is 0 Å². The van der Waals surface area contributed by atoms with E-state index in [1.807, 2.05) is 30.3 Å². The third-order valence-corrected chi connectivity index (χ3v) is 7.56. The second-order valence-corrected chi connectivity index (χ2v) is 11.0. The van der Waals surface area contributed by atoms with Gasteiger partial charge in [0.25, 0.3) is 5.56 Å². The molecule has 0 aliphatic carbocycles. The van der Waals surface area contributed by atoms with Gasteiger partial charge in [0.15, 0.2) is 4.80 Å². The normalized spacial score (nSPS) is 15.1. The van der Waals surface area contributed by atoms with Gasteiger partial charge in [-0.15, -0.1) is 0 Å². The molecule has 0 unspecified atom stereocenters. The first-order chi connectivity index (χ1) is 19.7. The third kappa shape index (κ3) is 5.68. The molecule has 2 aromatic heterocycles. The number of nitrogens with zero attached hydrogens (tertiary/aromatic N) is 2. The third-order valence-electron chi connectivity index (χ3n) is 6.34. The highest BCUT2D eigenvalue weighted by Gasteiger charge is 2.33. The van der Waals surface area contributed by atoms with Crippen LogP contribution in [0.2, 0.25) is 5.02 Å². The summed E-state index contributed by atoms with van der Waals surface area (Å²) in [6.07, 6.45) is 1.33. The zero-order valence-corrected chi connectivity index (χ0v) is 24.4. The number of hydrogen-bond donors (Lipinski definition) is 0. The second-order valence-electron chi connectivity index (χ2n) is 9.56. The van der Waals surface area contributed by atoms with Crippen molar-refractivity contribution < 1.29 is 23.5 Å². The highest BCUT2D eigenvalue weighted by Crippen LogP contribution is 2.31. The molecule has 4 aromatic rings. The van der Waals surface area contributed by atoms with Crippen LogP contribution in [-0.2, 0) is 14.3 Å². The van der Waals surface area contributed by atoms with E-state index >= 15 is 0 Å². The van der Waals surface area contributed by atoms with Gasteiger partial charge in [0.1, 0.15) is 11.5 Å². The van der Waals surface area contributed by atoms with Crippen molar-refractivity contribution in [2.75, 3.05) is 6.61 Å².